The van der Waals surface area contributed by atoms with Crippen LogP contribution < -0.4 is 14.8 Å². The summed E-state index contributed by atoms with van der Waals surface area (Å²) in [5, 5.41) is 3.19. The van der Waals surface area contributed by atoms with E-state index >= 15 is 0 Å². The van der Waals surface area contributed by atoms with Gasteiger partial charge < -0.3 is 9.32 Å². The molecule has 0 bridgehead atoms. The summed E-state index contributed by atoms with van der Waals surface area (Å²) < 4.78 is 8.68. The fourth-order valence-electron chi connectivity index (χ4n) is 3.55. The topological polar surface area (TPSA) is 20.6 Å². The van der Waals surface area contributed by atoms with E-state index in [0.717, 1.165) is 35.0 Å². The molecular weight excluding hydrogens is 332 g/mol. The minimum atomic E-state index is 0.739. The Balaban J connectivity index is 1.89. The first-order valence-electron chi connectivity index (χ1n) is 8.95. The highest BCUT2D eigenvalue weighted by Gasteiger charge is 2.22. The molecule has 1 fully saturated rings. The van der Waals surface area contributed by atoms with E-state index in [2.05, 4.69) is 29.7 Å². The summed E-state index contributed by atoms with van der Waals surface area (Å²) in [5.74, 6) is 0.885. The van der Waals surface area contributed by atoms with E-state index in [1.807, 2.05) is 36.4 Å². The molecule has 4 rings (SSSR count). The lowest BCUT2D eigenvalue weighted by molar-refractivity contribution is -0.900. The van der Waals surface area contributed by atoms with Crippen LogP contribution in [0.2, 0.25) is 5.02 Å². The molecule has 0 aliphatic carbocycles. The first kappa shape index (κ1) is 16.4. The molecule has 25 heavy (non-hydrogen) atoms. The Morgan fingerprint density at radius 2 is 1.76 bits per heavy atom. The van der Waals surface area contributed by atoms with E-state index < -0.39 is 0 Å². The van der Waals surface area contributed by atoms with Gasteiger partial charge in [-0.2, -0.15) is 0 Å². The molecule has 4 heteroatoms. The maximum absolute atomic E-state index is 6.19. The summed E-state index contributed by atoms with van der Waals surface area (Å²) in [6.07, 6.45) is 0. The van der Waals surface area contributed by atoms with Gasteiger partial charge in [-0.05, 0) is 43.3 Å². The zero-order valence-corrected chi connectivity index (χ0v) is 15.2. The second-order valence-electron chi connectivity index (χ2n) is 6.59. The zero-order chi connectivity index (χ0) is 17.2. The van der Waals surface area contributed by atoms with Gasteiger partial charge in [0.2, 0.25) is 5.36 Å². The van der Waals surface area contributed by atoms with Crippen LogP contribution in [-0.4, -0.2) is 32.7 Å². The number of rotatable bonds is 2. The van der Waals surface area contributed by atoms with Crippen LogP contribution in [0.4, 0.5) is 0 Å². The van der Waals surface area contributed by atoms with Gasteiger partial charge in [0.05, 0.1) is 18.0 Å². The molecule has 0 radical (unpaired) electrons. The molecule has 2 heterocycles. The monoisotopic (exact) mass is 354 g/mol. The highest BCUT2D eigenvalue weighted by molar-refractivity contribution is 6.30. The number of halogens is 1. The van der Waals surface area contributed by atoms with Crippen LogP contribution in [0.1, 0.15) is 6.92 Å². The molecule has 1 aliphatic rings. The molecule has 0 spiro atoms. The Kier molecular flexibility index (Phi) is 4.60. The van der Waals surface area contributed by atoms with Crippen LogP contribution >= 0.6 is 11.6 Å². The molecule has 1 aliphatic heterocycles. The Labute approximate surface area is 152 Å². The number of piperazine rings is 1. The van der Waals surface area contributed by atoms with Gasteiger partial charge in [0.15, 0.2) is 13.1 Å². The van der Waals surface area contributed by atoms with Crippen molar-refractivity contribution >= 4 is 22.6 Å². The number of benzene rings is 2. The Morgan fingerprint density at radius 1 is 1.04 bits per heavy atom. The average Bonchev–Trinajstić information content (AvgIpc) is 2.68. The number of nitrogens with one attached hydrogen (secondary N) is 1. The lowest BCUT2D eigenvalue weighted by atomic mass is 10.1. The van der Waals surface area contributed by atoms with Gasteiger partial charge in [-0.3, -0.25) is 0 Å². The van der Waals surface area contributed by atoms with Crippen molar-refractivity contribution in [3.05, 3.63) is 65.0 Å². The van der Waals surface area contributed by atoms with E-state index in [9.17, 15) is 0 Å². The number of fused-ring (bicyclic) bond motifs is 1. The van der Waals surface area contributed by atoms with Gasteiger partial charge in [-0.1, -0.05) is 23.7 Å². The lowest BCUT2D eigenvalue weighted by Gasteiger charge is -2.20. The molecule has 3 aromatic rings. The normalized spacial score (nSPS) is 17.8. The number of hydrogen-bond acceptors (Lipinski definition) is 1. The minimum Gasteiger partial charge on any atom is -0.456 e. The van der Waals surface area contributed by atoms with Gasteiger partial charge in [0.25, 0.3) is 0 Å². The third kappa shape index (κ3) is 3.35. The minimum absolute atomic E-state index is 0.739. The van der Waals surface area contributed by atoms with Crippen LogP contribution in [0.5, 0.6) is 0 Å². The maximum atomic E-state index is 6.19. The van der Waals surface area contributed by atoms with Crippen LogP contribution in [0.25, 0.3) is 22.3 Å². The van der Waals surface area contributed by atoms with Crippen molar-refractivity contribution in [2.75, 3.05) is 32.7 Å². The predicted molar refractivity (Wildman–Crippen MR) is 103 cm³/mol. The van der Waals surface area contributed by atoms with Crippen molar-refractivity contribution in [3.8, 4) is 11.3 Å². The van der Waals surface area contributed by atoms with Gasteiger partial charge in [0, 0.05) is 10.6 Å². The quantitative estimate of drug-likeness (QED) is 0.701. The number of hydrogen-bond donors (Lipinski definition) is 1. The summed E-state index contributed by atoms with van der Waals surface area (Å²) in [7, 11) is 0. The standard InChI is InChI=1S/C21H22ClN2O/c1-2-23-11-13-24(14-12-23)19-15-21(16-7-9-17(22)10-8-16)25-20-6-4-3-5-18(19)20/h3-10,15H,2,11-14H2,1H3/q+1/p+1. The van der Waals surface area contributed by atoms with Crippen LogP contribution in [0.15, 0.2) is 59.0 Å². The first-order chi connectivity index (χ1) is 12.2. The second-order valence-corrected chi connectivity index (χ2v) is 7.03. The lowest BCUT2D eigenvalue weighted by Crippen LogP contribution is -3.14. The van der Waals surface area contributed by atoms with Crippen LogP contribution in [0, 0.1) is 0 Å². The number of likely N-dealkylation sites (N-methyl/N-ethyl adjacent to an activating group) is 1. The van der Waals surface area contributed by atoms with Crippen molar-refractivity contribution < 1.29 is 9.32 Å². The molecule has 2 aromatic carbocycles. The summed E-state index contributed by atoms with van der Waals surface area (Å²) in [4.78, 5) is 1.68. The van der Waals surface area contributed by atoms with Gasteiger partial charge >= 0.3 is 0 Å². The van der Waals surface area contributed by atoms with Crippen LogP contribution in [0.3, 0.4) is 0 Å². The SMILES string of the molecule is CC[NH+]1CC[N+](=c2cc(-c3ccc(Cl)cc3)oc3ccccc23)CC1. The molecule has 0 amide bonds. The molecule has 128 valence electrons. The Morgan fingerprint density at radius 3 is 2.48 bits per heavy atom. The predicted octanol–water partition coefficient (Wildman–Crippen LogP) is 2.44. The molecule has 1 N–H and O–H groups in total. The highest BCUT2D eigenvalue weighted by Crippen LogP contribution is 2.23. The molecule has 0 unspecified atom stereocenters. The maximum Gasteiger partial charge on any atom is 0.215 e. The van der Waals surface area contributed by atoms with Crippen molar-refractivity contribution in [2.45, 2.75) is 6.92 Å². The number of para-hydroxylation sites is 1. The summed E-state index contributed by atoms with van der Waals surface area (Å²) in [5.41, 5.74) is 1.98. The van der Waals surface area contributed by atoms with Crippen molar-refractivity contribution in [2.24, 2.45) is 0 Å². The van der Waals surface area contributed by atoms with Crippen LogP contribution in [-0.2, 0) is 0 Å². The van der Waals surface area contributed by atoms with E-state index in [0.29, 0.717) is 0 Å². The van der Waals surface area contributed by atoms with Crippen molar-refractivity contribution in [1.29, 1.82) is 0 Å². The molecule has 3 nitrogen and oxygen atoms in total. The second kappa shape index (κ2) is 7.03. The van der Waals surface area contributed by atoms with E-state index in [-0.39, 0.29) is 0 Å². The molecular formula is C21H23ClN2O+2. The van der Waals surface area contributed by atoms with E-state index in [4.69, 9.17) is 16.0 Å². The number of nitrogens with zero attached hydrogens (tertiary/aromatic N) is 1. The third-order valence-electron chi connectivity index (χ3n) is 5.09. The number of quaternary nitrogens is 1. The van der Waals surface area contributed by atoms with E-state index in [1.54, 1.807) is 4.90 Å². The smallest absolute Gasteiger partial charge is 0.215 e. The van der Waals surface area contributed by atoms with Crippen molar-refractivity contribution in [1.82, 2.24) is 4.58 Å². The third-order valence-corrected chi connectivity index (χ3v) is 5.34. The molecule has 1 aromatic heterocycles. The van der Waals surface area contributed by atoms with Gasteiger partial charge in [-0.25, -0.2) is 4.58 Å². The largest absolute Gasteiger partial charge is 0.456 e. The first-order valence-corrected chi connectivity index (χ1v) is 9.33. The summed E-state index contributed by atoms with van der Waals surface area (Å²) in [6, 6.07) is 18.3. The molecule has 0 atom stereocenters. The zero-order valence-electron chi connectivity index (χ0n) is 14.5. The fourth-order valence-corrected chi connectivity index (χ4v) is 3.68. The Bertz CT molecular complexity index is 950. The highest BCUT2D eigenvalue weighted by atomic mass is 35.5. The molecule has 1 saturated heterocycles. The molecule has 0 saturated carbocycles. The van der Waals surface area contributed by atoms with Gasteiger partial charge in [-0.15, -0.1) is 0 Å². The van der Waals surface area contributed by atoms with Gasteiger partial charge in [0.1, 0.15) is 24.4 Å². The Hall–Kier alpha value is -2.10. The van der Waals surface area contributed by atoms with Crippen molar-refractivity contribution in [3.63, 3.8) is 0 Å². The summed E-state index contributed by atoms with van der Waals surface area (Å²) in [6.45, 7) is 8.00. The fraction of sp³-hybridized carbons (Fsp3) is 0.286. The summed E-state index contributed by atoms with van der Waals surface area (Å²) >= 11 is 6.03. The van der Waals surface area contributed by atoms with E-state index in [1.165, 1.54) is 30.4 Å². The average molecular weight is 355 g/mol.